The summed E-state index contributed by atoms with van der Waals surface area (Å²) in [6.45, 7) is 3.48. The van der Waals surface area contributed by atoms with Crippen LogP contribution in [0.4, 0.5) is 24.8 Å². The van der Waals surface area contributed by atoms with E-state index in [0.29, 0.717) is 18.3 Å². The quantitative estimate of drug-likeness (QED) is 0.873. The molecule has 0 spiro atoms. The third-order valence-electron chi connectivity index (χ3n) is 3.22. The molecular weight excluding hydrogens is 269 g/mol. The van der Waals surface area contributed by atoms with Crippen LogP contribution in [0.3, 0.4) is 0 Å². The van der Waals surface area contributed by atoms with Crippen molar-refractivity contribution in [2.24, 2.45) is 5.92 Å². The van der Waals surface area contributed by atoms with Crippen molar-refractivity contribution in [3.05, 3.63) is 11.9 Å². The van der Waals surface area contributed by atoms with Gasteiger partial charge in [-0.1, -0.05) is 6.92 Å². The molecule has 7 heteroatoms. The van der Waals surface area contributed by atoms with Gasteiger partial charge in [0.05, 0.1) is 0 Å². The van der Waals surface area contributed by atoms with E-state index in [1.165, 1.54) is 0 Å². The van der Waals surface area contributed by atoms with E-state index in [1.54, 1.807) is 13.1 Å². The minimum Gasteiger partial charge on any atom is -0.373 e. The number of nitrogens with one attached hydrogen (secondary N) is 1. The lowest BCUT2D eigenvalue weighted by atomic mass is 10.3. The summed E-state index contributed by atoms with van der Waals surface area (Å²) in [4.78, 5) is 9.11. The summed E-state index contributed by atoms with van der Waals surface area (Å²) in [7, 11) is 1.55. The van der Waals surface area contributed by atoms with Crippen LogP contribution in [0.2, 0.25) is 0 Å². The van der Waals surface area contributed by atoms with Crippen molar-refractivity contribution >= 4 is 11.6 Å². The second-order valence-electron chi connectivity index (χ2n) is 5.07. The Bertz CT molecular complexity index is 457. The highest BCUT2D eigenvalue weighted by Gasteiger charge is 2.36. The van der Waals surface area contributed by atoms with Gasteiger partial charge in [0, 0.05) is 26.2 Å². The molecule has 0 amide bonds. The van der Waals surface area contributed by atoms with Crippen LogP contribution in [0.1, 0.15) is 32.0 Å². The molecule has 1 heterocycles. The van der Waals surface area contributed by atoms with Crippen LogP contribution in [-0.4, -0.2) is 30.1 Å². The fourth-order valence-corrected chi connectivity index (χ4v) is 2.03. The van der Waals surface area contributed by atoms with Crippen molar-refractivity contribution in [1.82, 2.24) is 9.97 Å². The average Bonchev–Trinajstić information content (AvgIpc) is 3.20. The van der Waals surface area contributed by atoms with E-state index >= 15 is 0 Å². The molecule has 112 valence electrons. The molecule has 1 N–H and O–H groups in total. The lowest BCUT2D eigenvalue weighted by Gasteiger charge is -2.24. The van der Waals surface area contributed by atoms with E-state index in [0.717, 1.165) is 25.8 Å². The molecule has 1 aliphatic rings. The fraction of sp³-hybridized carbons (Fsp3) is 0.692. The third kappa shape index (κ3) is 3.74. The Kier molecular flexibility index (Phi) is 4.35. The average molecular weight is 288 g/mol. The number of nitrogens with zero attached hydrogens (tertiary/aromatic N) is 3. The maximum absolute atomic E-state index is 12.8. The summed E-state index contributed by atoms with van der Waals surface area (Å²) in [6, 6.07) is 1.58. The first-order valence-electron chi connectivity index (χ1n) is 6.83. The molecule has 0 atom stereocenters. The van der Waals surface area contributed by atoms with E-state index in [1.807, 2.05) is 11.8 Å². The van der Waals surface area contributed by atoms with E-state index in [2.05, 4.69) is 15.3 Å². The number of aromatic nitrogens is 2. The van der Waals surface area contributed by atoms with Crippen LogP contribution in [-0.2, 0) is 6.18 Å². The van der Waals surface area contributed by atoms with Gasteiger partial charge in [-0.3, -0.25) is 0 Å². The van der Waals surface area contributed by atoms with Gasteiger partial charge in [-0.2, -0.15) is 13.2 Å². The first-order valence-corrected chi connectivity index (χ1v) is 6.83. The molecule has 0 unspecified atom stereocenters. The molecule has 1 fully saturated rings. The highest BCUT2D eigenvalue weighted by molar-refractivity contribution is 5.49. The van der Waals surface area contributed by atoms with Crippen LogP contribution in [0.15, 0.2) is 6.07 Å². The molecule has 0 saturated heterocycles. The van der Waals surface area contributed by atoms with E-state index in [4.69, 9.17) is 0 Å². The van der Waals surface area contributed by atoms with Crippen molar-refractivity contribution in [2.45, 2.75) is 32.4 Å². The zero-order valence-electron chi connectivity index (χ0n) is 11.7. The maximum Gasteiger partial charge on any atom is 0.451 e. The van der Waals surface area contributed by atoms with Gasteiger partial charge in [-0.25, -0.2) is 9.97 Å². The lowest BCUT2D eigenvalue weighted by molar-refractivity contribution is -0.144. The minimum atomic E-state index is -4.53. The van der Waals surface area contributed by atoms with Crippen LogP contribution >= 0.6 is 0 Å². The standard InChI is InChI=1S/C13H19F3N4/c1-3-6-20(8-9-4-5-9)11-7-10(17-2)18-12(19-11)13(14,15)16/h7,9H,3-6,8H2,1-2H3,(H,17,18,19). The van der Waals surface area contributed by atoms with E-state index in [9.17, 15) is 13.2 Å². The van der Waals surface area contributed by atoms with Gasteiger partial charge in [-0.05, 0) is 25.2 Å². The van der Waals surface area contributed by atoms with E-state index in [-0.39, 0.29) is 5.82 Å². The van der Waals surface area contributed by atoms with Gasteiger partial charge >= 0.3 is 6.18 Å². The molecule has 4 nitrogen and oxygen atoms in total. The highest BCUT2D eigenvalue weighted by Crippen LogP contribution is 2.33. The van der Waals surface area contributed by atoms with Gasteiger partial charge in [0.2, 0.25) is 5.82 Å². The molecule has 0 aliphatic heterocycles. The predicted molar refractivity (Wildman–Crippen MR) is 71.8 cm³/mol. The molecule has 1 aromatic rings. The number of rotatable bonds is 6. The molecule has 0 aromatic carbocycles. The SMILES string of the molecule is CCCN(CC1CC1)c1cc(NC)nc(C(F)(F)F)n1. The molecule has 2 rings (SSSR count). The van der Waals surface area contributed by atoms with Gasteiger partial charge in [0.25, 0.3) is 0 Å². The summed E-state index contributed by atoms with van der Waals surface area (Å²) in [6.07, 6.45) is -1.36. The Morgan fingerprint density at radius 2 is 2.05 bits per heavy atom. The maximum atomic E-state index is 12.8. The van der Waals surface area contributed by atoms with Gasteiger partial charge in [-0.15, -0.1) is 0 Å². The summed E-state index contributed by atoms with van der Waals surface area (Å²) < 4.78 is 38.5. The lowest BCUT2D eigenvalue weighted by Crippen LogP contribution is -2.28. The minimum absolute atomic E-state index is 0.194. The number of alkyl halides is 3. The monoisotopic (exact) mass is 288 g/mol. The summed E-state index contributed by atoms with van der Waals surface area (Å²) >= 11 is 0. The topological polar surface area (TPSA) is 41.0 Å². The van der Waals surface area contributed by atoms with Crippen molar-refractivity contribution in [3.8, 4) is 0 Å². The normalized spacial score (nSPS) is 15.2. The van der Waals surface area contributed by atoms with Crippen LogP contribution in [0.25, 0.3) is 0 Å². The molecular formula is C13H19F3N4. The predicted octanol–water partition coefficient (Wildman–Crippen LogP) is 3.16. The summed E-state index contributed by atoms with van der Waals surface area (Å²) in [5.74, 6) is 0.0461. The Balaban J connectivity index is 2.31. The van der Waals surface area contributed by atoms with Crippen molar-refractivity contribution in [3.63, 3.8) is 0 Å². The van der Waals surface area contributed by atoms with Crippen LogP contribution in [0, 0.1) is 5.92 Å². The Hall–Kier alpha value is -1.53. The number of anilines is 2. The third-order valence-corrected chi connectivity index (χ3v) is 3.22. The second-order valence-corrected chi connectivity index (χ2v) is 5.07. The Morgan fingerprint density at radius 3 is 2.55 bits per heavy atom. The van der Waals surface area contributed by atoms with Crippen LogP contribution < -0.4 is 10.2 Å². The molecule has 1 saturated carbocycles. The zero-order valence-corrected chi connectivity index (χ0v) is 11.7. The highest BCUT2D eigenvalue weighted by atomic mass is 19.4. The van der Waals surface area contributed by atoms with Gasteiger partial charge < -0.3 is 10.2 Å². The molecule has 0 radical (unpaired) electrons. The summed E-state index contributed by atoms with van der Waals surface area (Å²) in [5.41, 5.74) is 0. The largest absolute Gasteiger partial charge is 0.451 e. The first-order chi connectivity index (χ1) is 9.44. The smallest absolute Gasteiger partial charge is 0.373 e. The Morgan fingerprint density at radius 1 is 1.35 bits per heavy atom. The van der Waals surface area contributed by atoms with Crippen LogP contribution in [0.5, 0.6) is 0 Å². The molecule has 1 aromatic heterocycles. The fourth-order valence-electron chi connectivity index (χ4n) is 2.03. The van der Waals surface area contributed by atoms with Gasteiger partial charge in [0.1, 0.15) is 11.6 Å². The molecule has 20 heavy (non-hydrogen) atoms. The van der Waals surface area contributed by atoms with E-state index < -0.39 is 12.0 Å². The van der Waals surface area contributed by atoms with Crippen molar-refractivity contribution in [1.29, 1.82) is 0 Å². The summed E-state index contributed by atoms with van der Waals surface area (Å²) in [5, 5.41) is 2.67. The number of hydrogen-bond donors (Lipinski definition) is 1. The zero-order chi connectivity index (χ0) is 14.8. The molecule has 0 bridgehead atoms. The number of halogens is 3. The number of hydrogen-bond acceptors (Lipinski definition) is 4. The second kappa shape index (κ2) is 5.85. The Labute approximate surface area is 116 Å². The van der Waals surface area contributed by atoms with Crippen molar-refractivity contribution in [2.75, 3.05) is 30.4 Å². The molecule has 1 aliphatic carbocycles. The van der Waals surface area contributed by atoms with Gasteiger partial charge in [0.15, 0.2) is 0 Å². The first kappa shape index (κ1) is 14.9. The van der Waals surface area contributed by atoms with Crippen molar-refractivity contribution < 1.29 is 13.2 Å².